The molecule has 1 aromatic carbocycles. The molecule has 0 saturated carbocycles. The largest absolute Gasteiger partial charge is 0.496 e. The number of piperidine rings is 1. The topological polar surface area (TPSA) is 61.8 Å². The number of aliphatic hydroxyl groups excluding tert-OH is 1. The highest BCUT2D eigenvalue weighted by Crippen LogP contribution is 2.22. The average Bonchev–Trinajstić information content (AvgIpc) is 2.55. The Bertz CT molecular complexity index is 523. The minimum Gasteiger partial charge on any atom is -0.496 e. The Kier molecular flexibility index (Phi) is 7.15. The molecule has 2 N–H and O–H groups in total. The third-order valence-corrected chi connectivity index (χ3v) is 4.51. The second kappa shape index (κ2) is 9.11. The number of methoxy groups -OCH3 is 1. The van der Waals surface area contributed by atoms with Gasteiger partial charge >= 0.3 is 0 Å². The molecule has 23 heavy (non-hydrogen) atoms. The minimum absolute atomic E-state index is 0.0168. The van der Waals surface area contributed by atoms with Crippen LogP contribution in [0.2, 0.25) is 5.02 Å². The summed E-state index contributed by atoms with van der Waals surface area (Å²) in [7, 11) is 1.60. The van der Waals surface area contributed by atoms with E-state index in [0.29, 0.717) is 29.9 Å². The van der Waals surface area contributed by atoms with Crippen molar-refractivity contribution in [2.75, 3.05) is 26.8 Å². The van der Waals surface area contributed by atoms with Crippen molar-refractivity contribution >= 4 is 17.5 Å². The molecule has 1 aliphatic heterocycles. The highest BCUT2D eigenvalue weighted by Gasteiger charge is 2.23. The standard InChI is InChI=1S/C17H25ClN2O3/c1-23-16-6-5-14(18)10-13(16)11-19-17(22)12-20-8-3-2-4-15(20)7-9-21/h5-6,10,15,21H,2-4,7-9,11-12H2,1H3,(H,19,22). The number of carbonyl (C=O) groups is 1. The molecule has 0 aromatic heterocycles. The number of rotatable bonds is 7. The number of halogens is 1. The van der Waals surface area contributed by atoms with Crippen molar-refractivity contribution in [3.8, 4) is 5.75 Å². The number of nitrogens with zero attached hydrogens (tertiary/aromatic N) is 1. The molecule has 0 aliphatic carbocycles. The minimum atomic E-state index is -0.0168. The van der Waals surface area contributed by atoms with Gasteiger partial charge in [0.25, 0.3) is 0 Å². The third kappa shape index (κ3) is 5.37. The van der Waals surface area contributed by atoms with E-state index in [9.17, 15) is 4.79 Å². The van der Waals surface area contributed by atoms with Crippen LogP contribution in [0.3, 0.4) is 0 Å². The van der Waals surface area contributed by atoms with Gasteiger partial charge in [0.1, 0.15) is 5.75 Å². The fourth-order valence-electron chi connectivity index (χ4n) is 3.06. The van der Waals surface area contributed by atoms with Crippen LogP contribution in [0.5, 0.6) is 5.75 Å². The van der Waals surface area contributed by atoms with E-state index in [1.165, 1.54) is 6.42 Å². The lowest BCUT2D eigenvalue weighted by Gasteiger charge is -2.34. The molecule has 5 nitrogen and oxygen atoms in total. The fourth-order valence-corrected chi connectivity index (χ4v) is 3.26. The second-order valence-corrected chi connectivity index (χ2v) is 6.30. The van der Waals surface area contributed by atoms with Crippen LogP contribution < -0.4 is 10.1 Å². The summed E-state index contributed by atoms with van der Waals surface area (Å²) in [6.07, 6.45) is 4.06. The van der Waals surface area contributed by atoms with Crippen molar-refractivity contribution in [2.24, 2.45) is 0 Å². The maximum atomic E-state index is 12.2. The van der Waals surface area contributed by atoms with Gasteiger partial charge in [0.2, 0.25) is 5.91 Å². The lowest BCUT2D eigenvalue weighted by molar-refractivity contribution is -0.123. The Morgan fingerprint density at radius 3 is 3.04 bits per heavy atom. The quantitative estimate of drug-likeness (QED) is 0.799. The van der Waals surface area contributed by atoms with E-state index in [4.69, 9.17) is 21.4 Å². The number of benzene rings is 1. The van der Waals surface area contributed by atoms with Gasteiger partial charge in [-0.05, 0) is 44.0 Å². The zero-order chi connectivity index (χ0) is 16.7. The maximum absolute atomic E-state index is 12.2. The summed E-state index contributed by atoms with van der Waals surface area (Å²) in [5, 5.41) is 12.7. The molecule has 1 heterocycles. The van der Waals surface area contributed by atoms with E-state index in [-0.39, 0.29) is 12.5 Å². The molecule has 1 atom stereocenters. The number of likely N-dealkylation sites (tertiary alicyclic amines) is 1. The van der Waals surface area contributed by atoms with Crippen LogP contribution in [-0.4, -0.2) is 48.8 Å². The Morgan fingerprint density at radius 1 is 1.48 bits per heavy atom. The van der Waals surface area contributed by atoms with Gasteiger partial charge in [-0.1, -0.05) is 18.0 Å². The molecule has 0 spiro atoms. The van der Waals surface area contributed by atoms with E-state index < -0.39 is 0 Å². The third-order valence-electron chi connectivity index (χ3n) is 4.28. The van der Waals surface area contributed by atoms with Crippen LogP contribution in [-0.2, 0) is 11.3 Å². The maximum Gasteiger partial charge on any atom is 0.234 e. The number of hydrogen-bond acceptors (Lipinski definition) is 4. The summed E-state index contributed by atoms with van der Waals surface area (Å²) in [4.78, 5) is 14.4. The van der Waals surface area contributed by atoms with E-state index in [1.54, 1.807) is 25.3 Å². The van der Waals surface area contributed by atoms with Gasteiger partial charge in [0, 0.05) is 29.8 Å². The van der Waals surface area contributed by atoms with Crippen molar-refractivity contribution in [1.82, 2.24) is 10.2 Å². The first-order valence-corrected chi connectivity index (χ1v) is 8.46. The Hall–Kier alpha value is -1.30. The molecular weight excluding hydrogens is 316 g/mol. The monoisotopic (exact) mass is 340 g/mol. The highest BCUT2D eigenvalue weighted by molar-refractivity contribution is 6.30. The average molecular weight is 341 g/mol. The van der Waals surface area contributed by atoms with Crippen molar-refractivity contribution in [3.63, 3.8) is 0 Å². The van der Waals surface area contributed by atoms with E-state index in [1.807, 2.05) is 0 Å². The molecule has 128 valence electrons. The zero-order valence-electron chi connectivity index (χ0n) is 13.6. The summed E-state index contributed by atoms with van der Waals surface area (Å²) in [6.45, 7) is 1.84. The lowest BCUT2D eigenvalue weighted by Crippen LogP contribution is -2.45. The number of hydrogen-bond donors (Lipinski definition) is 2. The van der Waals surface area contributed by atoms with Crippen molar-refractivity contribution in [2.45, 2.75) is 38.3 Å². The molecule has 0 bridgehead atoms. The summed E-state index contributed by atoms with van der Waals surface area (Å²) < 4.78 is 5.28. The molecule has 1 aromatic rings. The van der Waals surface area contributed by atoms with Crippen molar-refractivity contribution in [3.05, 3.63) is 28.8 Å². The van der Waals surface area contributed by atoms with Gasteiger partial charge in [-0.3, -0.25) is 9.69 Å². The number of carbonyl (C=O) groups excluding carboxylic acids is 1. The van der Waals surface area contributed by atoms with Gasteiger partial charge in [0.15, 0.2) is 0 Å². The smallest absolute Gasteiger partial charge is 0.234 e. The van der Waals surface area contributed by atoms with E-state index in [0.717, 1.165) is 31.4 Å². The van der Waals surface area contributed by atoms with Crippen molar-refractivity contribution < 1.29 is 14.6 Å². The van der Waals surface area contributed by atoms with E-state index in [2.05, 4.69) is 10.2 Å². The Balaban J connectivity index is 1.88. The molecule has 1 fully saturated rings. The van der Waals surface area contributed by atoms with E-state index >= 15 is 0 Å². The predicted octanol–water partition coefficient (Wildman–Crippen LogP) is 2.20. The van der Waals surface area contributed by atoms with Crippen LogP contribution in [0.15, 0.2) is 18.2 Å². The summed E-state index contributed by atoms with van der Waals surface area (Å²) in [5.74, 6) is 0.697. The molecule has 6 heteroatoms. The number of ether oxygens (including phenoxy) is 1. The van der Waals surface area contributed by atoms with Gasteiger partial charge in [-0.15, -0.1) is 0 Å². The fraction of sp³-hybridized carbons (Fsp3) is 0.588. The molecule has 0 radical (unpaired) electrons. The van der Waals surface area contributed by atoms with Gasteiger partial charge in [-0.2, -0.15) is 0 Å². The summed E-state index contributed by atoms with van der Waals surface area (Å²) in [6, 6.07) is 5.67. The van der Waals surface area contributed by atoms with Crippen LogP contribution in [0, 0.1) is 0 Å². The first-order valence-electron chi connectivity index (χ1n) is 8.08. The number of amides is 1. The highest BCUT2D eigenvalue weighted by atomic mass is 35.5. The molecular formula is C17H25ClN2O3. The molecule has 2 rings (SSSR count). The predicted molar refractivity (Wildman–Crippen MR) is 90.8 cm³/mol. The number of aliphatic hydroxyl groups is 1. The van der Waals surface area contributed by atoms with Crippen LogP contribution in [0.1, 0.15) is 31.2 Å². The zero-order valence-corrected chi connectivity index (χ0v) is 14.3. The van der Waals surface area contributed by atoms with Crippen LogP contribution in [0.4, 0.5) is 0 Å². The Labute approximate surface area is 142 Å². The normalized spacial score (nSPS) is 18.7. The Morgan fingerprint density at radius 2 is 2.30 bits per heavy atom. The van der Waals surface area contributed by atoms with Crippen LogP contribution in [0.25, 0.3) is 0 Å². The van der Waals surface area contributed by atoms with Crippen molar-refractivity contribution in [1.29, 1.82) is 0 Å². The first-order chi connectivity index (χ1) is 11.1. The lowest BCUT2D eigenvalue weighted by atomic mass is 10.00. The molecule has 1 saturated heterocycles. The second-order valence-electron chi connectivity index (χ2n) is 5.87. The first kappa shape index (κ1) is 18.0. The summed E-state index contributed by atoms with van der Waals surface area (Å²) >= 11 is 6.00. The van der Waals surface area contributed by atoms with Crippen LogP contribution >= 0.6 is 11.6 Å². The van der Waals surface area contributed by atoms with Gasteiger partial charge < -0.3 is 15.2 Å². The summed E-state index contributed by atoms with van der Waals surface area (Å²) in [5.41, 5.74) is 0.860. The molecule has 1 unspecified atom stereocenters. The number of nitrogens with one attached hydrogen (secondary N) is 1. The molecule has 1 aliphatic rings. The molecule has 1 amide bonds. The van der Waals surface area contributed by atoms with Gasteiger partial charge in [0.05, 0.1) is 13.7 Å². The SMILES string of the molecule is COc1ccc(Cl)cc1CNC(=O)CN1CCCCC1CCO. The van der Waals surface area contributed by atoms with Gasteiger partial charge in [-0.25, -0.2) is 0 Å².